The van der Waals surface area contributed by atoms with Gasteiger partial charge in [0.25, 0.3) is 0 Å². The predicted molar refractivity (Wildman–Crippen MR) is 120 cm³/mol. The van der Waals surface area contributed by atoms with Gasteiger partial charge in [-0.3, -0.25) is 19.5 Å². The number of pyridine rings is 2. The van der Waals surface area contributed by atoms with E-state index in [2.05, 4.69) is 15.3 Å². The minimum Gasteiger partial charge on any atom is -0.326 e. The Labute approximate surface area is 188 Å². The molecule has 154 valence electrons. The van der Waals surface area contributed by atoms with Crippen molar-refractivity contribution in [2.75, 3.05) is 10.2 Å². The summed E-state index contributed by atoms with van der Waals surface area (Å²) < 4.78 is 0. The average Bonchev–Trinajstić information content (AvgIpc) is 2.72. The van der Waals surface area contributed by atoms with Crippen molar-refractivity contribution in [2.45, 2.75) is 19.8 Å². The number of anilines is 3. The van der Waals surface area contributed by atoms with Crippen molar-refractivity contribution >= 4 is 63.8 Å². The van der Waals surface area contributed by atoms with Gasteiger partial charge in [-0.25, -0.2) is 4.98 Å². The molecule has 2 aromatic heterocycles. The zero-order chi connectivity index (χ0) is 21.7. The summed E-state index contributed by atoms with van der Waals surface area (Å²) in [6.45, 7) is 1.74. The van der Waals surface area contributed by atoms with Crippen LogP contribution in [0, 0.1) is 0 Å². The van der Waals surface area contributed by atoms with E-state index in [1.54, 1.807) is 43.3 Å². The lowest BCUT2D eigenvalue weighted by atomic mass is 10.1. The Kier molecular flexibility index (Phi) is 7.26. The van der Waals surface area contributed by atoms with Gasteiger partial charge >= 0.3 is 0 Å². The monoisotopic (exact) mass is 462 g/mol. The number of benzene rings is 1. The minimum absolute atomic E-state index is 0.00392. The summed E-state index contributed by atoms with van der Waals surface area (Å²) in [7, 11) is 0. The molecule has 1 N–H and O–H groups in total. The van der Waals surface area contributed by atoms with E-state index < -0.39 is 0 Å². The SMILES string of the molecule is CCC(=O)N(c1cc(NC(=O)Cc2c(Cl)cccc2Cl)ccn1)c1ccncc1Cl. The van der Waals surface area contributed by atoms with E-state index in [1.807, 2.05) is 0 Å². The number of hydrogen-bond acceptors (Lipinski definition) is 4. The number of rotatable bonds is 6. The molecule has 0 fully saturated rings. The van der Waals surface area contributed by atoms with Crippen LogP contribution in [0.3, 0.4) is 0 Å². The Hall–Kier alpha value is -2.67. The molecule has 0 atom stereocenters. The molecule has 3 rings (SSSR count). The maximum atomic E-state index is 12.6. The highest BCUT2D eigenvalue weighted by Gasteiger charge is 2.21. The smallest absolute Gasteiger partial charge is 0.232 e. The van der Waals surface area contributed by atoms with E-state index in [0.717, 1.165) is 0 Å². The molecule has 3 aromatic rings. The minimum atomic E-state index is -0.308. The Balaban J connectivity index is 1.86. The van der Waals surface area contributed by atoms with Gasteiger partial charge in [0, 0.05) is 46.8 Å². The lowest BCUT2D eigenvalue weighted by Gasteiger charge is -2.22. The normalized spacial score (nSPS) is 10.5. The molecule has 6 nitrogen and oxygen atoms in total. The summed E-state index contributed by atoms with van der Waals surface area (Å²) in [6, 6.07) is 9.91. The summed E-state index contributed by atoms with van der Waals surface area (Å²) in [5.41, 5.74) is 1.46. The molecule has 0 saturated carbocycles. The molecule has 0 aliphatic rings. The van der Waals surface area contributed by atoms with Crippen LogP contribution in [0.5, 0.6) is 0 Å². The highest BCUT2D eigenvalue weighted by Crippen LogP contribution is 2.32. The Bertz CT molecular complexity index is 1070. The fourth-order valence-corrected chi connectivity index (χ4v) is 3.51. The Morgan fingerprint density at radius 3 is 2.43 bits per heavy atom. The first-order valence-corrected chi connectivity index (χ1v) is 10.1. The highest BCUT2D eigenvalue weighted by atomic mass is 35.5. The quantitative estimate of drug-likeness (QED) is 0.509. The molecule has 0 spiro atoms. The van der Waals surface area contributed by atoms with Crippen LogP contribution in [-0.2, 0) is 16.0 Å². The third-order valence-electron chi connectivity index (χ3n) is 4.20. The van der Waals surface area contributed by atoms with Crippen LogP contribution in [0.4, 0.5) is 17.2 Å². The number of aromatic nitrogens is 2. The van der Waals surface area contributed by atoms with Crippen LogP contribution >= 0.6 is 34.8 Å². The second kappa shape index (κ2) is 9.89. The average molecular weight is 464 g/mol. The fourth-order valence-electron chi connectivity index (χ4n) is 2.78. The molecular formula is C21H17Cl3N4O2. The van der Waals surface area contributed by atoms with Gasteiger partial charge in [0.1, 0.15) is 5.82 Å². The molecule has 0 aliphatic carbocycles. The first-order chi connectivity index (χ1) is 14.4. The fraction of sp³-hybridized carbons (Fsp3) is 0.143. The number of amides is 2. The summed E-state index contributed by atoms with van der Waals surface area (Å²) in [5, 5.41) is 3.93. The molecular weight excluding hydrogens is 447 g/mol. The van der Waals surface area contributed by atoms with Crippen LogP contribution in [0.1, 0.15) is 18.9 Å². The summed E-state index contributed by atoms with van der Waals surface area (Å²) >= 11 is 18.5. The molecule has 2 heterocycles. The van der Waals surface area contributed by atoms with Crippen molar-refractivity contribution in [3.8, 4) is 0 Å². The van der Waals surface area contributed by atoms with E-state index in [1.165, 1.54) is 23.5 Å². The third-order valence-corrected chi connectivity index (χ3v) is 5.20. The van der Waals surface area contributed by atoms with Gasteiger partial charge < -0.3 is 5.32 Å². The zero-order valence-corrected chi connectivity index (χ0v) is 18.2. The molecule has 30 heavy (non-hydrogen) atoms. The van der Waals surface area contributed by atoms with Crippen molar-refractivity contribution in [1.29, 1.82) is 0 Å². The van der Waals surface area contributed by atoms with Gasteiger partial charge in [-0.15, -0.1) is 0 Å². The highest BCUT2D eigenvalue weighted by molar-refractivity contribution is 6.36. The van der Waals surface area contributed by atoms with E-state index in [4.69, 9.17) is 34.8 Å². The predicted octanol–water partition coefficient (Wildman–Crippen LogP) is 5.69. The Morgan fingerprint density at radius 1 is 1.03 bits per heavy atom. The first-order valence-electron chi connectivity index (χ1n) is 9.02. The van der Waals surface area contributed by atoms with Crippen LogP contribution in [-0.4, -0.2) is 21.8 Å². The summed E-state index contributed by atoms with van der Waals surface area (Å²) in [6.07, 6.45) is 4.73. The molecule has 1 aromatic carbocycles. The number of carbonyl (C=O) groups is 2. The van der Waals surface area contributed by atoms with Gasteiger partial charge in [-0.1, -0.05) is 47.8 Å². The van der Waals surface area contributed by atoms with Gasteiger partial charge in [-0.2, -0.15) is 0 Å². The van der Waals surface area contributed by atoms with Crippen LogP contribution in [0.2, 0.25) is 15.1 Å². The second-order valence-corrected chi connectivity index (χ2v) is 7.46. The third kappa shape index (κ3) is 5.08. The van der Waals surface area contributed by atoms with E-state index in [9.17, 15) is 9.59 Å². The van der Waals surface area contributed by atoms with Gasteiger partial charge in [-0.05, 0) is 29.8 Å². The van der Waals surface area contributed by atoms with Crippen molar-refractivity contribution in [1.82, 2.24) is 9.97 Å². The molecule has 0 aliphatic heterocycles. The van der Waals surface area contributed by atoms with E-state index >= 15 is 0 Å². The van der Waals surface area contributed by atoms with Crippen molar-refractivity contribution in [3.05, 3.63) is 75.6 Å². The first kappa shape index (κ1) is 22.0. The maximum absolute atomic E-state index is 12.6. The van der Waals surface area contributed by atoms with Gasteiger partial charge in [0.05, 0.1) is 17.1 Å². The number of nitrogens with one attached hydrogen (secondary N) is 1. The van der Waals surface area contributed by atoms with Crippen molar-refractivity contribution < 1.29 is 9.59 Å². The van der Waals surface area contributed by atoms with Crippen molar-refractivity contribution in [2.24, 2.45) is 0 Å². The molecule has 2 amide bonds. The molecule has 9 heteroatoms. The van der Waals surface area contributed by atoms with E-state index in [-0.39, 0.29) is 24.7 Å². The Morgan fingerprint density at radius 2 is 1.77 bits per heavy atom. The van der Waals surface area contributed by atoms with Crippen LogP contribution in [0.15, 0.2) is 55.0 Å². The molecule has 0 unspecified atom stereocenters. The largest absolute Gasteiger partial charge is 0.326 e. The van der Waals surface area contributed by atoms with Crippen molar-refractivity contribution in [3.63, 3.8) is 0 Å². The maximum Gasteiger partial charge on any atom is 0.232 e. The van der Waals surface area contributed by atoms with E-state index in [0.29, 0.717) is 37.8 Å². The number of hydrogen-bond donors (Lipinski definition) is 1. The van der Waals surface area contributed by atoms with Crippen LogP contribution < -0.4 is 10.2 Å². The van der Waals surface area contributed by atoms with Gasteiger partial charge in [0.15, 0.2) is 0 Å². The summed E-state index contributed by atoms with van der Waals surface area (Å²) in [4.78, 5) is 34.7. The molecule has 0 radical (unpaired) electrons. The molecule has 0 bridgehead atoms. The summed E-state index contributed by atoms with van der Waals surface area (Å²) in [5.74, 6) is -0.192. The lowest BCUT2D eigenvalue weighted by molar-refractivity contribution is -0.117. The second-order valence-electron chi connectivity index (χ2n) is 6.24. The standard InChI is InChI=1S/C21H17Cl3N4O2/c1-2-21(30)28(18-7-8-25-12-17(18)24)19-10-13(6-9-26-19)27-20(29)11-14-15(22)4-3-5-16(14)23/h3-10,12H,2,11H2,1H3,(H,26,27,29). The number of halogens is 3. The number of carbonyl (C=O) groups excluding carboxylic acids is 2. The molecule has 0 saturated heterocycles. The van der Waals surface area contributed by atoms with Crippen LogP contribution in [0.25, 0.3) is 0 Å². The zero-order valence-electron chi connectivity index (χ0n) is 15.9. The number of nitrogens with zero attached hydrogens (tertiary/aromatic N) is 3. The topological polar surface area (TPSA) is 75.2 Å². The van der Waals surface area contributed by atoms with Gasteiger partial charge in [0.2, 0.25) is 11.8 Å². The lowest BCUT2D eigenvalue weighted by Crippen LogP contribution is -2.26.